The molecule has 25 heavy (non-hydrogen) atoms. The van der Waals surface area contributed by atoms with Crippen LogP contribution in [0, 0.1) is 13.8 Å². The largest absolute Gasteiger partial charge is 0.325 e. The van der Waals surface area contributed by atoms with Gasteiger partial charge < -0.3 is 10.2 Å². The third-order valence-electron chi connectivity index (χ3n) is 3.82. The summed E-state index contributed by atoms with van der Waals surface area (Å²) < 4.78 is 0. The molecule has 0 aromatic heterocycles. The highest BCUT2D eigenvalue weighted by molar-refractivity contribution is 8.00. The number of benzene rings is 2. The first kappa shape index (κ1) is 19.1. The monoisotopic (exact) mass is 356 g/mol. The highest BCUT2D eigenvalue weighted by atomic mass is 32.2. The second kappa shape index (κ2) is 9.28. The molecule has 4 nitrogen and oxygen atoms in total. The van der Waals surface area contributed by atoms with Crippen LogP contribution in [-0.4, -0.2) is 29.9 Å². The molecule has 0 aliphatic heterocycles. The first-order valence-electron chi connectivity index (χ1n) is 8.31. The van der Waals surface area contributed by atoms with Crippen molar-refractivity contribution >= 4 is 35.0 Å². The van der Waals surface area contributed by atoms with E-state index >= 15 is 0 Å². The molecular formula is C20H24N2O2S. The van der Waals surface area contributed by atoms with Gasteiger partial charge in [0.25, 0.3) is 0 Å². The van der Waals surface area contributed by atoms with Gasteiger partial charge in [0.15, 0.2) is 0 Å². The van der Waals surface area contributed by atoms with E-state index in [-0.39, 0.29) is 23.3 Å². The predicted octanol–water partition coefficient (Wildman–Crippen LogP) is 4.03. The summed E-state index contributed by atoms with van der Waals surface area (Å²) in [5, 5.41) is 2.84. The molecule has 0 atom stereocenters. The molecule has 2 aromatic rings. The zero-order valence-corrected chi connectivity index (χ0v) is 15.7. The highest BCUT2D eigenvalue weighted by Gasteiger charge is 2.16. The van der Waals surface area contributed by atoms with Crippen molar-refractivity contribution in [1.29, 1.82) is 0 Å². The standard InChI is InChI=1S/C20H24N2O2S/c1-4-22(18-8-6-5-7-16(18)3)20(24)14-25-13-19(23)21-17-11-9-15(2)10-12-17/h5-12H,4,13-14H2,1-3H3,(H,21,23). The molecule has 0 fully saturated rings. The van der Waals surface area contributed by atoms with E-state index in [4.69, 9.17) is 0 Å². The molecule has 2 amide bonds. The van der Waals surface area contributed by atoms with Crippen LogP contribution in [0.3, 0.4) is 0 Å². The first-order chi connectivity index (χ1) is 12.0. The van der Waals surface area contributed by atoms with Crippen LogP contribution in [0.2, 0.25) is 0 Å². The van der Waals surface area contributed by atoms with Crippen LogP contribution in [0.15, 0.2) is 48.5 Å². The van der Waals surface area contributed by atoms with Gasteiger partial charge in [0, 0.05) is 17.9 Å². The fraction of sp³-hybridized carbons (Fsp3) is 0.300. The minimum atomic E-state index is -0.0967. The molecule has 0 saturated carbocycles. The molecule has 132 valence electrons. The van der Waals surface area contributed by atoms with Crippen molar-refractivity contribution in [2.45, 2.75) is 20.8 Å². The van der Waals surface area contributed by atoms with Gasteiger partial charge in [0.2, 0.25) is 11.8 Å². The summed E-state index contributed by atoms with van der Waals surface area (Å²) in [7, 11) is 0. The van der Waals surface area contributed by atoms with Gasteiger partial charge >= 0.3 is 0 Å². The number of hydrogen-bond donors (Lipinski definition) is 1. The van der Waals surface area contributed by atoms with E-state index in [0.29, 0.717) is 6.54 Å². The topological polar surface area (TPSA) is 49.4 Å². The molecule has 0 aliphatic carbocycles. The van der Waals surface area contributed by atoms with E-state index < -0.39 is 0 Å². The zero-order valence-electron chi connectivity index (χ0n) is 14.9. The number of aryl methyl sites for hydroxylation is 2. The Labute approximate surface area is 153 Å². The molecule has 0 radical (unpaired) electrons. The number of para-hydroxylation sites is 1. The van der Waals surface area contributed by atoms with Crippen molar-refractivity contribution in [3.05, 3.63) is 59.7 Å². The summed E-state index contributed by atoms with van der Waals surface area (Å²) in [6, 6.07) is 15.5. The summed E-state index contributed by atoms with van der Waals surface area (Å²) in [6.07, 6.45) is 0. The highest BCUT2D eigenvalue weighted by Crippen LogP contribution is 2.20. The number of amides is 2. The van der Waals surface area contributed by atoms with E-state index in [1.54, 1.807) is 4.90 Å². The Morgan fingerprint density at radius 2 is 1.68 bits per heavy atom. The number of thioether (sulfide) groups is 1. The van der Waals surface area contributed by atoms with Gasteiger partial charge in [0.1, 0.15) is 0 Å². The third kappa shape index (κ3) is 5.64. The van der Waals surface area contributed by atoms with Gasteiger partial charge in [-0.3, -0.25) is 9.59 Å². The Bertz CT molecular complexity index is 729. The maximum Gasteiger partial charge on any atom is 0.236 e. The molecular weight excluding hydrogens is 332 g/mol. The molecule has 0 heterocycles. The summed E-state index contributed by atoms with van der Waals surface area (Å²) in [5.74, 6) is 0.458. The number of anilines is 2. The lowest BCUT2D eigenvalue weighted by molar-refractivity contribution is -0.116. The molecule has 5 heteroatoms. The van der Waals surface area contributed by atoms with Crippen LogP contribution < -0.4 is 10.2 Å². The molecule has 2 rings (SSSR count). The molecule has 0 aliphatic rings. The van der Waals surface area contributed by atoms with Gasteiger partial charge in [-0.05, 0) is 44.5 Å². The fourth-order valence-corrected chi connectivity index (χ4v) is 3.18. The molecule has 0 bridgehead atoms. The number of carbonyl (C=O) groups is 2. The van der Waals surface area contributed by atoms with Crippen LogP contribution in [0.25, 0.3) is 0 Å². The Balaban J connectivity index is 1.83. The molecule has 1 N–H and O–H groups in total. The quantitative estimate of drug-likeness (QED) is 0.815. The Kier molecular flexibility index (Phi) is 7.07. The SMILES string of the molecule is CCN(C(=O)CSCC(=O)Nc1ccc(C)cc1)c1ccccc1C. The average molecular weight is 356 g/mol. The van der Waals surface area contributed by atoms with Crippen molar-refractivity contribution in [1.82, 2.24) is 0 Å². The van der Waals surface area contributed by atoms with E-state index in [1.807, 2.05) is 69.3 Å². The van der Waals surface area contributed by atoms with E-state index in [0.717, 1.165) is 22.5 Å². The first-order valence-corrected chi connectivity index (χ1v) is 9.47. The van der Waals surface area contributed by atoms with Crippen LogP contribution in [0.1, 0.15) is 18.1 Å². The number of rotatable bonds is 7. The van der Waals surface area contributed by atoms with Gasteiger partial charge in [0.05, 0.1) is 11.5 Å². The summed E-state index contributed by atoms with van der Waals surface area (Å²) in [6.45, 7) is 6.56. The number of carbonyl (C=O) groups excluding carboxylic acids is 2. The normalized spacial score (nSPS) is 10.4. The number of nitrogens with one attached hydrogen (secondary N) is 1. The Morgan fingerprint density at radius 1 is 1.00 bits per heavy atom. The Hall–Kier alpha value is -2.27. The smallest absolute Gasteiger partial charge is 0.236 e. The minimum Gasteiger partial charge on any atom is -0.325 e. The molecule has 0 spiro atoms. The summed E-state index contributed by atoms with van der Waals surface area (Å²) >= 11 is 1.33. The number of nitrogens with zero attached hydrogens (tertiary/aromatic N) is 1. The van der Waals surface area contributed by atoms with Crippen molar-refractivity contribution in [3.63, 3.8) is 0 Å². The molecule has 0 saturated heterocycles. The second-order valence-electron chi connectivity index (χ2n) is 5.83. The van der Waals surface area contributed by atoms with E-state index in [2.05, 4.69) is 5.32 Å². The second-order valence-corrected chi connectivity index (χ2v) is 6.82. The maximum absolute atomic E-state index is 12.5. The lowest BCUT2D eigenvalue weighted by Gasteiger charge is -2.22. The molecule has 0 unspecified atom stereocenters. The van der Waals surface area contributed by atoms with Gasteiger partial charge in [-0.2, -0.15) is 0 Å². The van der Waals surface area contributed by atoms with Crippen LogP contribution in [-0.2, 0) is 9.59 Å². The van der Waals surface area contributed by atoms with Gasteiger partial charge in [-0.15, -0.1) is 11.8 Å². The lowest BCUT2D eigenvalue weighted by atomic mass is 10.2. The number of hydrogen-bond acceptors (Lipinski definition) is 3. The van der Waals surface area contributed by atoms with Gasteiger partial charge in [-0.25, -0.2) is 0 Å². The third-order valence-corrected chi connectivity index (χ3v) is 4.73. The minimum absolute atomic E-state index is 0.0185. The van der Waals surface area contributed by atoms with E-state index in [9.17, 15) is 9.59 Å². The van der Waals surface area contributed by atoms with Crippen LogP contribution in [0.5, 0.6) is 0 Å². The van der Waals surface area contributed by atoms with E-state index in [1.165, 1.54) is 11.8 Å². The fourth-order valence-electron chi connectivity index (χ4n) is 2.49. The average Bonchev–Trinajstić information content (AvgIpc) is 2.59. The summed E-state index contributed by atoms with van der Waals surface area (Å²) in [4.78, 5) is 26.2. The Morgan fingerprint density at radius 3 is 2.32 bits per heavy atom. The van der Waals surface area contributed by atoms with Crippen LogP contribution in [0.4, 0.5) is 11.4 Å². The maximum atomic E-state index is 12.5. The summed E-state index contributed by atoms with van der Waals surface area (Å²) in [5.41, 5.74) is 3.92. The van der Waals surface area contributed by atoms with Crippen LogP contribution >= 0.6 is 11.8 Å². The lowest BCUT2D eigenvalue weighted by Crippen LogP contribution is -2.33. The predicted molar refractivity (Wildman–Crippen MR) is 106 cm³/mol. The molecule has 2 aromatic carbocycles. The van der Waals surface area contributed by atoms with Crippen molar-refractivity contribution in [2.75, 3.05) is 28.3 Å². The zero-order chi connectivity index (χ0) is 18.2. The van der Waals surface area contributed by atoms with Crippen molar-refractivity contribution < 1.29 is 9.59 Å². The van der Waals surface area contributed by atoms with Gasteiger partial charge in [-0.1, -0.05) is 35.9 Å². The van der Waals surface area contributed by atoms with Crippen molar-refractivity contribution in [3.8, 4) is 0 Å². The van der Waals surface area contributed by atoms with Crippen molar-refractivity contribution in [2.24, 2.45) is 0 Å².